The molecule has 4 rings (SSSR count). The zero-order chi connectivity index (χ0) is 14.2. The highest BCUT2D eigenvalue weighted by molar-refractivity contribution is 5.99. The first-order chi connectivity index (χ1) is 10.3. The molecule has 2 aromatic heterocycles. The molecule has 0 bridgehead atoms. The van der Waals surface area contributed by atoms with Crippen LogP contribution in [-0.4, -0.2) is 20.7 Å². The van der Waals surface area contributed by atoms with Crippen LogP contribution in [0.5, 0.6) is 0 Å². The SMILES string of the molecule is Cn1cnc2cc(N=Cc3c[nH]c4ccccc34)ccc21. The van der Waals surface area contributed by atoms with Crippen molar-refractivity contribution in [2.75, 3.05) is 0 Å². The number of fused-ring (bicyclic) bond motifs is 2. The van der Waals surface area contributed by atoms with E-state index in [1.54, 1.807) is 0 Å². The summed E-state index contributed by atoms with van der Waals surface area (Å²) >= 11 is 0. The van der Waals surface area contributed by atoms with E-state index in [2.05, 4.69) is 27.1 Å². The van der Waals surface area contributed by atoms with Crippen LogP contribution in [-0.2, 0) is 7.05 Å². The molecule has 0 saturated carbocycles. The fourth-order valence-corrected chi connectivity index (χ4v) is 2.55. The van der Waals surface area contributed by atoms with E-state index in [1.807, 2.05) is 60.7 Å². The van der Waals surface area contributed by atoms with Crippen molar-refractivity contribution in [3.05, 3.63) is 60.6 Å². The van der Waals surface area contributed by atoms with Crippen LogP contribution in [0.1, 0.15) is 5.56 Å². The van der Waals surface area contributed by atoms with Crippen molar-refractivity contribution in [2.24, 2.45) is 12.0 Å². The molecule has 102 valence electrons. The van der Waals surface area contributed by atoms with Gasteiger partial charge in [0.15, 0.2) is 0 Å². The van der Waals surface area contributed by atoms with Gasteiger partial charge in [-0.2, -0.15) is 0 Å². The van der Waals surface area contributed by atoms with Gasteiger partial charge >= 0.3 is 0 Å². The average Bonchev–Trinajstić information content (AvgIpc) is 3.09. The molecule has 0 atom stereocenters. The predicted molar refractivity (Wildman–Crippen MR) is 86.3 cm³/mol. The lowest BCUT2D eigenvalue weighted by molar-refractivity contribution is 0.948. The maximum atomic E-state index is 4.56. The zero-order valence-corrected chi connectivity index (χ0v) is 11.6. The number of nitrogens with one attached hydrogen (secondary N) is 1. The number of hydrogen-bond acceptors (Lipinski definition) is 2. The molecule has 0 saturated heterocycles. The Hall–Kier alpha value is -2.88. The number of nitrogens with zero attached hydrogens (tertiary/aromatic N) is 3. The number of aryl methyl sites for hydroxylation is 1. The molecule has 0 fully saturated rings. The van der Waals surface area contributed by atoms with E-state index in [4.69, 9.17) is 0 Å². The minimum atomic E-state index is 0.909. The maximum Gasteiger partial charge on any atom is 0.0955 e. The summed E-state index contributed by atoms with van der Waals surface area (Å²) in [7, 11) is 1.99. The minimum absolute atomic E-state index is 0.909. The van der Waals surface area contributed by atoms with Crippen molar-refractivity contribution in [2.45, 2.75) is 0 Å². The quantitative estimate of drug-likeness (QED) is 0.555. The Labute approximate surface area is 121 Å². The Morgan fingerprint density at radius 3 is 3.05 bits per heavy atom. The van der Waals surface area contributed by atoms with E-state index in [1.165, 1.54) is 5.39 Å². The van der Waals surface area contributed by atoms with Crippen molar-refractivity contribution in [3.8, 4) is 0 Å². The molecule has 0 radical (unpaired) electrons. The molecule has 0 aliphatic heterocycles. The highest BCUT2D eigenvalue weighted by atomic mass is 15.0. The summed E-state index contributed by atoms with van der Waals surface area (Å²) in [5.41, 5.74) is 5.20. The molecule has 0 aliphatic rings. The molecule has 0 spiro atoms. The van der Waals surface area contributed by atoms with Crippen LogP contribution in [0.2, 0.25) is 0 Å². The van der Waals surface area contributed by atoms with Crippen LogP contribution in [0.25, 0.3) is 21.9 Å². The Kier molecular flexibility index (Phi) is 2.60. The molecule has 4 heteroatoms. The van der Waals surface area contributed by atoms with Gasteiger partial charge in [-0.05, 0) is 24.3 Å². The summed E-state index contributed by atoms with van der Waals surface area (Å²) in [5.74, 6) is 0. The smallest absolute Gasteiger partial charge is 0.0955 e. The van der Waals surface area contributed by atoms with E-state index in [0.29, 0.717) is 0 Å². The summed E-state index contributed by atoms with van der Waals surface area (Å²) in [4.78, 5) is 12.2. The van der Waals surface area contributed by atoms with Crippen LogP contribution in [0.4, 0.5) is 5.69 Å². The Morgan fingerprint density at radius 2 is 2.10 bits per heavy atom. The van der Waals surface area contributed by atoms with Gasteiger partial charge in [0, 0.05) is 35.9 Å². The summed E-state index contributed by atoms with van der Waals surface area (Å²) in [6, 6.07) is 14.3. The van der Waals surface area contributed by atoms with E-state index in [-0.39, 0.29) is 0 Å². The van der Waals surface area contributed by atoms with Crippen LogP contribution in [0.15, 0.2) is 60.0 Å². The number of H-pyrrole nitrogens is 1. The van der Waals surface area contributed by atoms with Crippen molar-refractivity contribution in [1.29, 1.82) is 0 Å². The Bertz CT molecular complexity index is 959. The maximum absolute atomic E-state index is 4.56. The molecule has 21 heavy (non-hydrogen) atoms. The predicted octanol–water partition coefficient (Wildman–Crippen LogP) is 3.81. The zero-order valence-electron chi connectivity index (χ0n) is 11.6. The number of para-hydroxylation sites is 1. The van der Waals surface area contributed by atoms with Crippen LogP contribution in [0.3, 0.4) is 0 Å². The molecule has 0 unspecified atom stereocenters. The normalized spacial score (nSPS) is 11.9. The Balaban J connectivity index is 1.73. The largest absolute Gasteiger partial charge is 0.361 e. The van der Waals surface area contributed by atoms with Gasteiger partial charge < -0.3 is 9.55 Å². The monoisotopic (exact) mass is 274 g/mol. The number of aliphatic imine (C=N–C) groups is 1. The van der Waals surface area contributed by atoms with Gasteiger partial charge in [-0.15, -0.1) is 0 Å². The third-order valence-electron chi connectivity index (χ3n) is 3.68. The Morgan fingerprint density at radius 1 is 1.19 bits per heavy atom. The van der Waals surface area contributed by atoms with Gasteiger partial charge in [-0.1, -0.05) is 18.2 Å². The lowest BCUT2D eigenvalue weighted by Gasteiger charge is -1.96. The molecule has 0 aliphatic carbocycles. The summed E-state index contributed by atoms with van der Waals surface area (Å²) < 4.78 is 2.00. The lowest BCUT2D eigenvalue weighted by atomic mass is 10.2. The van der Waals surface area contributed by atoms with E-state index >= 15 is 0 Å². The fraction of sp³-hybridized carbons (Fsp3) is 0.0588. The van der Waals surface area contributed by atoms with Gasteiger partial charge in [-0.3, -0.25) is 4.99 Å². The number of imidazole rings is 1. The first kappa shape index (κ1) is 11.9. The second kappa shape index (κ2) is 4.59. The van der Waals surface area contributed by atoms with Gasteiger partial charge in [0.2, 0.25) is 0 Å². The molecule has 4 aromatic rings. The molecule has 2 aromatic carbocycles. The third-order valence-corrected chi connectivity index (χ3v) is 3.68. The molecule has 2 heterocycles. The summed E-state index contributed by atoms with van der Waals surface area (Å²) in [6.07, 6.45) is 5.69. The minimum Gasteiger partial charge on any atom is -0.361 e. The number of hydrogen-bond donors (Lipinski definition) is 1. The van der Waals surface area contributed by atoms with Crippen molar-refractivity contribution in [3.63, 3.8) is 0 Å². The number of aromatic nitrogens is 3. The van der Waals surface area contributed by atoms with Crippen LogP contribution in [0, 0.1) is 0 Å². The third kappa shape index (κ3) is 2.01. The summed E-state index contributed by atoms with van der Waals surface area (Å²) in [5, 5.41) is 1.18. The molecule has 4 nitrogen and oxygen atoms in total. The number of benzene rings is 2. The topological polar surface area (TPSA) is 46.0 Å². The first-order valence-corrected chi connectivity index (χ1v) is 6.82. The van der Waals surface area contributed by atoms with Crippen LogP contribution < -0.4 is 0 Å². The number of rotatable bonds is 2. The lowest BCUT2D eigenvalue weighted by Crippen LogP contribution is -1.82. The van der Waals surface area contributed by atoms with E-state index in [0.717, 1.165) is 27.8 Å². The van der Waals surface area contributed by atoms with Crippen molar-refractivity contribution in [1.82, 2.24) is 14.5 Å². The van der Waals surface area contributed by atoms with Gasteiger partial charge in [-0.25, -0.2) is 4.98 Å². The van der Waals surface area contributed by atoms with E-state index < -0.39 is 0 Å². The molecular weight excluding hydrogens is 260 g/mol. The number of aromatic amines is 1. The summed E-state index contributed by atoms with van der Waals surface area (Å²) in [6.45, 7) is 0. The van der Waals surface area contributed by atoms with E-state index in [9.17, 15) is 0 Å². The van der Waals surface area contributed by atoms with Gasteiger partial charge in [0.25, 0.3) is 0 Å². The molecule has 1 N–H and O–H groups in total. The fourth-order valence-electron chi connectivity index (χ4n) is 2.55. The van der Waals surface area contributed by atoms with Crippen molar-refractivity contribution >= 4 is 33.8 Å². The molecular formula is C17H14N4. The van der Waals surface area contributed by atoms with Crippen molar-refractivity contribution < 1.29 is 0 Å². The molecule has 0 amide bonds. The standard InChI is InChI=1S/C17H14N4/c1-21-11-20-16-8-13(6-7-17(16)21)18-9-12-10-19-15-5-3-2-4-14(12)15/h2-11,19H,1H3. The highest BCUT2D eigenvalue weighted by Crippen LogP contribution is 2.21. The first-order valence-electron chi connectivity index (χ1n) is 6.82. The highest BCUT2D eigenvalue weighted by Gasteiger charge is 2.01. The van der Waals surface area contributed by atoms with Gasteiger partial charge in [0.05, 0.1) is 23.0 Å². The average molecular weight is 274 g/mol. The van der Waals surface area contributed by atoms with Crippen LogP contribution >= 0.6 is 0 Å². The van der Waals surface area contributed by atoms with Gasteiger partial charge in [0.1, 0.15) is 0 Å². The second-order valence-electron chi connectivity index (χ2n) is 5.08. The second-order valence-corrected chi connectivity index (χ2v) is 5.08.